The first-order valence-electron chi connectivity index (χ1n) is 9.38. The number of carbonyl (C=O) groups excluding carboxylic acids is 1. The molecule has 2 aromatic rings. The van der Waals surface area contributed by atoms with Gasteiger partial charge in [-0.3, -0.25) is 4.79 Å². The summed E-state index contributed by atoms with van der Waals surface area (Å²) in [6.07, 6.45) is 0.719. The predicted octanol–water partition coefficient (Wildman–Crippen LogP) is 4.14. The zero-order chi connectivity index (χ0) is 21.7. The summed E-state index contributed by atoms with van der Waals surface area (Å²) in [7, 11) is 0. The summed E-state index contributed by atoms with van der Waals surface area (Å²) in [5.74, 6) is -0.552. The Kier molecular flexibility index (Phi) is 6.79. The number of carboxylic acid groups (broad SMARTS) is 1. The second-order valence-corrected chi connectivity index (χ2v) is 7.59. The molecule has 1 fully saturated rings. The van der Waals surface area contributed by atoms with E-state index in [1.54, 1.807) is 24.3 Å². The molecule has 1 saturated heterocycles. The Balaban J connectivity index is 1.82. The van der Waals surface area contributed by atoms with Crippen molar-refractivity contribution in [3.63, 3.8) is 0 Å². The van der Waals surface area contributed by atoms with Crippen LogP contribution in [0.15, 0.2) is 52.4 Å². The molecule has 0 bridgehead atoms. The first-order valence-corrected chi connectivity index (χ1v) is 10.2. The quantitative estimate of drug-likeness (QED) is 0.646. The molecule has 0 aromatic heterocycles. The van der Waals surface area contributed by atoms with Crippen molar-refractivity contribution in [1.29, 1.82) is 0 Å². The maximum Gasteiger partial charge on any atom is 0.344 e. The van der Waals surface area contributed by atoms with E-state index in [2.05, 4.69) is 10.3 Å². The van der Waals surface area contributed by atoms with Crippen LogP contribution < -0.4 is 14.8 Å². The molecule has 1 aliphatic rings. The van der Waals surface area contributed by atoms with Crippen LogP contribution >= 0.6 is 11.8 Å². The van der Waals surface area contributed by atoms with Crippen LogP contribution in [0.1, 0.15) is 25.0 Å². The van der Waals surface area contributed by atoms with Crippen LogP contribution in [-0.2, 0) is 9.59 Å². The Morgan fingerprint density at radius 1 is 1.27 bits per heavy atom. The maximum absolute atomic E-state index is 12.3. The third kappa shape index (κ3) is 5.42. The topological polar surface area (TPSA) is 97.2 Å². The van der Waals surface area contributed by atoms with Crippen molar-refractivity contribution in [1.82, 2.24) is 5.32 Å². The van der Waals surface area contributed by atoms with E-state index in [0.29, 0.717) is 28.2 Å². The van der Waals surface area contributed by atoms with Gasteiger partial charge < -0.3 is 19.9 Å². The maximum atomic E-state index is 12.3. The molecule has 3 rings (SSSR count). The molecule has 2 aromatic carbocycles. The number of thioether (sulfide) groups is 1. The highest BCUT2D eigenvalue weighted by Crippen LogP contribution is 2.33. The highest BCUT2D eigenvalue weighted by molar-refractivity contribution is 8.18. The Hall–Kier alpha value is -3.26. The lowest BCUT2D eigenvalue weighted by molar-refractivity contribution is -0.144. The predicted molar refractivity (Wildman–Crippen MR) is 117 cm³/mol. The minimum absolute atomic E-state index is 0.232. The number of carboxylic acids is 1. The number of aliphatic imine (C=N–C) groups is 1. The standard InChI is InChI=1S/C22H22N2O5S/c1-4-28-18-11-15(8-9-17(18)29-14(3)21(26)27)12-19-20(25)24-22(30-19)23-16-7-5-6-13(2)10-16/h5-12,14H,4H2,1-3H3,(H,26,27)(H,23,24,25)/b19-12+. The zero-order valence-corrected chi connectivity index (χ0v) is 17.7. The molecule has 1 unspecified atom stereocenters. The minimum Gasteiger partial charge on any atom is -0.490 e. The smallest absolute Gasteiger partial charge is 0.344 e. The van der Waals surface area contributed by atoms with Gasteiger partial charge in [0.2, 0.25) is 0 Å². The van der Waals surface area contributed by atoms with E-state index in [1.807, 2.05) is 38.1 Å². The Bertz CT molecular complexity index is 1030. The lowest BCUT2D eigenvalue weighted by Gasteiger charge is -2.15. The Morgan fingerprint density at radius 2 is 2.07 bits per heavy atom. The number of aliphatic carboxylic acids is 1. The molecule has 156 valence electrons. The number of amidine groups is 1. The molecule has 0 spiro atoms. The van der Waals surface area contributed by atoms with Crippen LogP contribution in [0.25, 0.3) is 6.08 Å². The van der Waals surface area contributed by atoms with Crippen molar-refractivity contribution in [3.8, 4) is 11.5 Å². The van der Waals surface area contributed by atoms with Gasteiger partial charge in [-0.2, -0.15) is 0 Å². The summed E-state index contributed by atoms with van der Waals surface area (Å²) < 4.78 is 11.0. The fourth-order valence-corrected chi connectivity index (χ4v) is 3.51. The Labute approximate surface area is 178 Å². The van der Waals surface area contributed by atoms with Gasteiger partial charge in [-0.15, -0.1) is 0 Å². The minimum atomic E-state index is -1.07. The van der Waals surface area contributed by atoms with Gasteiger partial charge in [0, 0.05) is 0 Å². The lowest BCUT2D eigenvalue weighted by Crippen LogP contribution is -2.23. The van der Waals surface area contributed by atoms with Gasteiger partial charge >= 0.3 is 5.97 Å². The second kappa shape index (κ2) is 9.49. The molecule has 1 amide bonds. The molecular formula is C22H22N2O5S. The normalized spacial score (nSPS) is 17.1. The van der Waals surface area contributed by atoms with Gasteiger partial charge in [-0.05, 0) is 74.0 Å². The van der Waals surface area contributed by atoms with Gasteiger partial charge in [0.15, 0.2) is 22.8 Å². The lowest BCUT2D eigenvalue weighted by atomic mass is 10.2. The molecule has 1 atom stereocenters. The second-order valence-electron chi connectivity index (χ2n) is 6.56. The molecular weight excluding hydrogens is 404 g/mol. The fraction of sp³-hybridized carbons (Fsp3) is 0.227. The van der Waals surface area contributed by atoms with E-state index in [-0.39, 0.29) is 5.91 Å². The first kappa shape index (κ1) is 21.4. The number of ether oxygens (including phenoxy) is 2. The van der Waals surface area contributed by atoms with Crippen molar-refractivity contribution in [2.24, 2.45) is 4.99 Å². The monoisotopic (exact) mass is 426 g/mol. The molecule has 0 radical (unpaired) electrons. The molecule has 1 aliphatic heterocycles. The van der Waals surface area contributed by atoms with Crippen LogP contribution in [0.5, 0.6) is 11.5 Å². The van der Waals surface area contributed by atoms with E-state index >= 15 is 0 Å². The van der Waals surface area contributed by atoms with Gasteiger partial charge in [-0.1, -0.05) is 18.2 Å². The zero-order valence-electron chi connectivity index (χ0n) is 16.8. The molecule has 30 heavy (non-hydrogen) atoms. The number of nitrogens with zero attached hydrogens (tertiary/aromatic N) is 1. The highest BCUT2D eigenvalue weighted by Gasteiger charge is 2.24. The summed E-state index contributed by atoms with van der Waals surface area (Å²) in [6.45, 7) is 5.64. The van der Waals surface area contributed by atoms with E-state index in [1.165, 1.54) is 18.7 Å². The van der Waals surface area contributed by atoms with Crippen LogP contribution in [0, 0.1) is 6.92 Å². The van der Waals surface area contributed by atoms with Crippen molar-refractivity contribution < 1.29 is 24.2 Å². The van der Waals surface area contributed by atoms with Crippen LogP contribution in [0.2, 0.25) is 0 Å². The third-order valence-corrected chi connectivity index (χ3v) is 5.01. The number of rotatable bonds is 7. The highest BCUT2D eigenvalue weighted by atomic mass is 32.2. The molecule has 1 heterocycles. The number of carbonyl (C=O) groups is 2. The molecule has 7 nitrogen and oxygen atoms in total. The summed E-state index contributed by atoms with van der Waals surface area (Å²) in [4.78, 5) is 28.4. The van der Waals surface area contributed by atoms with Crippen molar-refractivity contribution in [2.75, 3.05) is 6.61 Å². The summed E-state index contributed by atoms with van der Waals surface area (Å²) in [5.41, 5.74) is 2.58. The molecule has 2 N–H and O–H groups in total. The van der Waals surface area contributed by atoms with Crippen LogP contribution in [-0.4, -0.2) is 34.9 Å². The number of aryl methyl sites for hydroxylation is 1. The number of hydrogen-bond acceptors (Lipinski definition) is 6. The van der Waals surface area contributed by atoms with E-state index in [0.717, 1.165) is 16.8 Å². The largest absolute Gasteiger partial charge is 0.490 e. The van der Waals surface area contributed by atoms with Gasteiger partial charge in [0.1, 0.15) is 0 Å². The number of amides is 1. The van der Waals surface area contributed by atoms with Crippen LogP contribution in [0.4, 0.5) is 5.69 Å². The van der Waals surface area contributed by atoms with Crippen molar-refractivity contribution in [3.05, 3.63) is 58.5 Å². The SMILES string of the molecule is CCOc1cc(/C=C2/SC(=Nc3cccc(C)c3)NC2=O)ccc1OC(C)C(=O)O. The molecule has 0 saturated carbocycles. The average molecular weight is 426 g/mol. The summed E-state index contributed by atoms with van der Waals surface area (Å²) in [5, 5.41) is 12.3. The van der Waals surface area contributed by atoms with Crippen molar-refractivity contribution in [2.45, 2.75) is 26.9 Å². The summed E-state index contributed by atoms with van der Waals surface area (Å²) in [6, 6.07) is 12.8. The van der Waals surface area contributed by atoms with Crippen LogP contribution in [0.3, 0.4) is 0 Å². The van der Waals surface area contributed by atoms with Gasteiger partial charge in [0.25, 0.3) is 5.91 Å². The first-order chi connectivity index (χ1) is 14.4. The molecule has 0 aliphatic carbocycles. The molecule has 8 heteroatoms. The fourth-order valence-electron chi connectivity index (χ4n) is 2.67. The van der Waals surface area contributed by atoms with Gasteiger partial charge in [-0.25, -0.2) is 9.79 Å². The van der Waals surface area contributed by atoms with E-state index in [4.69, 9.17) is 14.6 Å². The van der Waals surface area contributed by atoms with Gasteiger partial charge in [0.05, 0.1) is 17.2 Å². The van der Waals surface area contributed by atoms with Crippen molar-refractivity contribution >= 4 is 40.6 Å². The number of nitrogens with one attached hydrogen (secondary N) is 1. The number of benzene rings is 2. The van der Waals surface area contributed by atoms with E-state index < -0.39 is 12.1 Å². The summed E-state index contributed by atoms with van der Waals surface area (Å²) >= 11 is 1.25. The third-order valence-electron chi connectivity index (χ3n) is 4.10. The number of hydrogen-bond donors (Lipinski definition) is 2. The average Bonchev–Trinajstić information content (AvgIpc) is 3.02. The van der Waals surface area contributed by atoms with E-state index in [9.17, 15) is 9.59 Å². The Morgan fingerprint density at radius 3 is 2.77 bits per heavy atom.